The molecule has 3 aromatic rings. The number of benzene rings is 1. The molecule has 1 unspecified atom stereocenters. The first-order chi connectivity index (χ1) is 12.8. The van der Waals surface area contributed by atoms with Crippen molar-refractivity contribution in [3.8, 4) is 0 Å². The van der Waals surface area contributed by atoms with E-state index in [1.807, 2.05) is 36.5 Å². The fourth-order valence-electron chi connectivity index (χ4n) is 2.88. The maximum Gasteiger partial charge on any atom is 0.449 e. The van der Waals surface area contributed by atoms with Crippen LogP contribution in [0, 0.1) is 0 Å². The van der Waals surface area contributed by atoms with E-state index in [0.29, 0.717) is 6.54 Å². The van der Waals surface area contributed by atoms with Crippen LogP contribution in [0.2, 0.25) is 0 Å². The molecular formula is C18H19F3N4OS. The number of aromatic nitrogens is 2. The van der Waals surface area contributed by atoms with E-state index >= 15 is 0 Å². The summed E-state index contributed by atoms with van der Waals surface area (Å²) < 4.78 is 40.9. The fraction of sp³-hybridized carbons (Fsp3) is 0.333. The van der Waals surface area contributed by atoms with Gasteiger partial charge in [0, 0.05) is 11.4 Å². The molecule has 2 aromatic heterocycles. The van der Waals surface area contributed by atoms with E-state index in [0.717, 1.165) is 9.44 Å². The number of alkyl halides is 3. The van der Waals surface area contributed by atoms with Crippen LogP contribution < -0.4 is 5.32 Å². The molecule has 0 aliphatic heterocycles. The van der Waals surface area contributed by atoms with Gasteiger partial charge in [0.25, 0.3) is 0 Å². The number of imidazole rings is 1. The van der Waals surface area contributed by atoms with Crippen LogP contribution in [0.4, 0.5) is 13.2 Å². The molecule has 0 bridgehead atoms. The molecule has 1 N–H and O–H groups in total. The van der Waals surface area contributed by atoms with Crippen LogP contribution in [-0.2, 0) is 17.5 Å². The van der Waals surface area contributed by atoms with Crippen molar-refractivity contribution in [2.75, 3.05) is 20.6 Å². The van der Waals surface area contributed by atoms with Gasteiger partial charge in [-0.25, -0.2) is 4.98 Å². The van der Waals surface area contributed by atoms with Gasteiger partial charge in [-0.1, -0.05) is 18.2 Å². The van der Waals surface area contributed by atoms with Gasteiger partial charge in [0.05, 0.1) is 17.1 Å². The Bertz CT molecular complexity index is 918. The highest BCUT2D eigenvalue weighted by molar-refractivity contribution is 7.10. The number of nitrogens with zero attached hydrogens (tertiary/aromatic N) is 3. The van der Waals surface area contributed by atoms with Crippen molar-refractivity contribution in [1.82, 2.24) is 19.8 Å². The zero-order valence-corrected chi connectivity index (χ0v) is 15.6. The molecule has 0 fully saturated rings. The van der Waals surface area contributed by atoms with Gasteiger partial charge in [0.15, 0.2) is 0 Å². The maximum absolute atomic E-state index is 13.3. The topological polar surface area (TPSA) is 50.2 Å². The number of likely N-dealkylation sites (N-methyl/N-ethyl adjacent to an activating group) is 1. The number of carbonyl (C=O) groups excluding carboxylic acids is 1. The number of hydrogen-bond acceptors (Lipinski definition) is 4. The molecule has 2 heterocycles. The van der Waals surface area contributed by atoms with Crippen molar-refractivity contribution in [3.05, 3.63) is 52.5 Å². The van der Waals surface area contributed by atoms with E-state index in [2.05, 4.69) is 10.3 Å². The summed E-state index contributed by atoms with van der Waals surface area (Å²) in [6, 6.07) is 10.1. The normalized spacial score (nSPS) is 13.3. The Hall–Kier alpha value is -2.39. The summed E-state index contributed by atoms with van der Waals surface area (Å²) in [7, 11) is 3.78. The molecule has 9 heteroatoms. The van der Waals surface area contributed by atoms with Crippen molar-refractivity contribution in [1.29, 1.82) is 0 Å². The van der Waals surface area contributed by atoms with Crippen molar-refractivity contribution >= 4 is 28.3 Å². The highest BCUT2D eigenvalue weighted by atomic mass is 32.1. The van der Waals surface area contributed by atoms with Crippen molar-refractivity contribution in [2.45, 2.75) is 18.8 Å². The van der Waals surface area contributed by atoms with Gasteiger partial charge in [-0.2, -0.15) is 13.2 Å². The zero-order chi connectivity index (χ0) is 19.6. The van der Waals surface area contributed by atoms with E-state index in [1.165, 1.54) is 12.1 Å². The number of carbonyl (C=O) groups is 1. The molecule has 1 atom stereocenters. The lowest BCUT2D eigenvalue weighted by Gasteiger charge is -2.23. The monoisotopic (exact) mass is 396 g/mol. The Labute approximate surface area is 158 Å². The molecule has 1 amide bonds. The fourth-order valence-corrected chi connectivity index (χ4v) is 3.80. The second-order valence-corrected chi connectivity index (χ2v) is 7.29. The summed E-state index contributed by atoms with van der Waals surface area (Å²) >= 11 is 1.57. The predicted molar refractivity (Wildman–Crippen MR) is 98.5 cm³/mol. The Balaban J connectivity index is 1.78. The van der Waals surface area contributed by atoms with Gasteiger partial charge in [0.2, 0.25) is 11.7 Å². The molecule has 3 rings (SSSR count). The Morgan fingerprint density at radius 2 is 2.00 bits per heavy atom. The van der Waals surface area contributed by atoms with Gasteiger partial charge < -0.3 is 14.8 Å². The third-order valence-corrected chi connectivity index (χ3v) is 5.17. The van der Waals surface area contributed by atoms with Crippen LogP contribution in [0.15, 0.2) is 41.8 Å². The van der Waals surface area contributed by atoms with Crippen LogP contribution in [-0.4, -0.2) is 41.0 Å². The lowest BCUT2D eigenvalue weighted by atomic mass is 10.2. The minimum atomic E-state index is -4.64. The van der Waals surface area contributed by atoms with Gasteiger partial charge in [0.1, 0.15) is 6.54 Å². The Morgan fingerprint density at radius 1 is 1.26 bits per heavy atom. The van der Waals surface area contributed by atoms with Crippen LogP contribution in [0.5, 0.6) is 0 Å². The zero-order valence-electron chi connectivity index (χ0n) is 14.8. The maximum atomic E-state index is 13.3. The third-order valence-electron chi connectivity index (χ3n) is 4.20. The van der Waals surface area contributed by atoms with Gasteiger partial charge in [-0.15, -0.1) is 11.3 Å². The lowest BCUT2D eigenvalue weighted by Crippen LogP contribution is -2.36. The molecule has 0 aliphatic carbocycles. The number of fused-ring (bicyclic) bond motifs is 1. The molecule has 0 spiro atoms. The van der Waals surface area contributed by atoms with Crippen LogP contribution in [0.1, 0.15) is 16.7 Å². The highest BCUT2D eigenvalue weighted by Gasteiger charge is 2.38. The smallest absolute Gasteiger partial charge is 0.353 e. The second kappa shape index (κ2) is 7.69. The molecule has 5 nitrogen and oxygen atoms in total. The summed E-state index contributed by atoms with van der Waals surface area (Å²) in [5.74, 6) is -1.56. The first kappa shape index (κ1) is 19.4. The van der Waals surface area contributed by atoms with E-state index in [1.54, 1.807) is 23.5 Å². The number of halogens is 3. The van der Waals surface area contributed by atoms with Gasteiger partial charge in [-0.05, 0) is 37.7 Å². The Morgan fingerprint density at radius 3 is 2.63 bits per heavy atom. The standard InChI is InChI=1S/C18H19F3N4OS/c1-24(2)14(15-8-5-9-27-15)10-22-16(26)11-25-13-7-4-3-6-12(13)23-17(25)18(19,20)21/h3-9,14H,10-11H2,1-2H3,(H,22,26). The van der Waals surface area contributed by atoms with Gasteiger partial charge >= 0.3 is 6.18 Å². The quantitative estimate of drug-likeness (QED) is 0.694. The summed E-state index contributed by atoms with van der Waals surface area (Å²) in [6.07, 6.45) is -4.64. The number of amides is 1. The highest BCUT2D eigenvalue weighted by Crippen LogP contribution is 2.31. The van der Waals surface area contributed by atoms with Crippen molar-refractivity contribution in [3.63, 3.8) is 0 Å². The lowest BCUT2D eigenvalue weighted by molar-refractivity contribution is -0.147. The summed E-state index contributed by atoms with van der Waals surface area (Å²) in [5, 5.41) is 4.69. The molecule has 27 heavy (non-hydrogen) atoms. The van der Waals surface area contributed by atoms with Crippen LogP contribution in [0.25, 0.3) is 11.0 Å². The molecule has 0 saturated carbocycles. The first-order valence-corrected chi connectivity index (χ1v) is 9.14. The van der Waals surface area contributed by atoms with Crippen molar-refractivity contribution in [2.24, 2.45) is 0 Å². The minimum Gasteiger partial charge on any atom is -0.353 e. The Kier molecular flexibility index (Phi) is 5.52. The third kappa shape index (κ3) is 4.30. The molecule has 0 aliphatic rings. The average molecular weight is 396 g/mol. The SMILES string of the molecule is CN(C)C(CNC(=O)Cn1c(C(F)(F)F)nc2ccccc21)c1cccs1. The second-order valence-electron chi connectivity index (χ2n) is 6.31. The number of thiophene rings is 1. The van der Waals surface area contributed by atoms with E-state index in [4.69, 9.17) is 0 Å². The summed E-state index contributed by atoms with van der Waals surface area (Å²) in [5.41, 5.74) is 0.491. The summed E-state index contributed by atoms with van der Waals surface area (Å²) in [4.78, 5) is 19.1. The molecule has 0 saturated heterocycles. The summed E-state index contributed by atoms with van der Waals surface area (Å²) in [6.45, 7) is -0.139. The van der Waals surface area contributed by atoms with Crippen molar-refractivity contribution < 1.29 is 18.0 Å². The molecule has 144 valence electrons. The first-order valence-electron chi connectivity index (χ1n) is 8.26. The molecular weight excluding hydrogens is 377 g/mol. The molecule has 0 radical (unpaired) electrons. The van der Waals surface area contributed by atoms with E-state index < -0.39 is 24.5 Å². The molecule has 1 aromatic carbocycles. The van der Waals surface area contributed by atoms with E-state index in [-0.39, 0.29) is 17.1 Å². The van der Waals surface area contributed by atoms with Gasteiger partial charge in [-0.3, -0.25) is 4.79 Å². The largest absolute Gasteiger partial charge is 0.449 e. The number of nitrogens with one attached hydrogen (secondary N) is 1. The number of hydrogen-bond donors (Lipinski definition) is 1. The minimum absolute atomic E-state index is 0.0458. The predicted octanol–water partition coefficient (Wildman–Crippen LogP) is 3.54. The van der Waals surface area contributed by atoms with E-state index in [9.17, 15) is 18.0 Å². The number of rotatable bonds is 6. The average Bonchev–Trinajstić information content (AvgIpc) is 3.23. The number of para-hydroxylation sites is 2. The van der Waals surface area contributed by atoms with Crippen LogP contribution in [0.3, 0.4) is 0 Å². The van der Waals surface area contributed by atoms with Crippen LogP contribution >= 0.6 is 11.3 Å².